The SMILES string of the molecule is Cc1cc[c]([Sn+2][c]2ccc(C)cc2)cc1.[S-2]. The minimum absolute atomic E-state index is 0. The first-order valence-electron chi connectivity index (χ1n) is 5.14. The first-order valence-corrected chi connectivity index (χ1v) is 8.00. The van der Waals surface area contributed by atoms with Crippen molar-refractivity contribution in [1.29, 1.82) is 0 Å². The minimum Gasteiger partial charge on any atom is -2.00 e. The zero-order valence-corrected chi connectivity index (χ0v) is 13.2. The fourth-order valence-electron chi connectivity index (χ4n) is 1.44. The number of hydrogen-bond acceptors (Lipinski definition) is 0. The maximum Gasteiger partial charge on any atom is -2.00 e. The monoisotopic (exact) mass is 334 g/mol. The normalized spacial score (nSPS) is 9.12. The summed E-state index contributed by atoms with van der Waals surface area (Å²) in [6, 6.07) is 18.0. The molecule has 2 aromatic rings. The number of hydrogen-bond donors (Lipinski definition) is 0. The van der Waals surface area contributed by atoms with Gasteiger partial charge in [0.15, 0.2) is 0 Å². The van der Waals surface area contributed by atoms with Gasteiger partial charge in [-0.15, -0.1) is 0 Å². The summed E-state index contributed by atoms with van der Waals surface area (Å²) in [5.74, 6) is 0. The third kappa shape index (κ3) is 3.87. The summed E-state index contributed by atoms with van der Waals surface area (Å²) in [5, 5.41) is 0. The van der Waals surface area contributed by atoms with E-state index in [-0.39, 0.29) is 13.5 Å². The molecule has 2 rings (SSSR count). The van der Waals surface area contributed by atoms with Crippen LogP contribution in [-0.2, 0) is 13.5 Å². The molecule has 0 spiro atoms. The smallest absolute Gasteiger partial charge is 2.00 e. The van der Waals surface area contributed by atoms with E-state index in [0.717, 1.165) is 0 Å². The third-order valence-electron chi connectivity index (χ3n) is 2.39. The molecule has 0 saturated heterocycles. The average Bonchev–Trinajstić information content (AvgIpc) is 2.25. The molecule has 16 heavy (non-hydrogen) atoms. The molecule has 0 atom stereocenters. The molecule has 0 heterocycles. The van der Waals surface area contributed by atoms with Gasteiger partial charge < -0.3 is 13.5 Å². The van der Waals surface area contributed by atoms with Crippen LogP contribution in [0.2, 0.25) is 0 Å². The van der Waals surface area contributed by atoms with Crippen molar-refractivity contribution in [3.63, 3.8) is 0 Å². The molecule has 0 unspecified atom stereocenters. The van der Waals surface area contributed by atoms with Crippen LogP contribution in [0.25, 0.3) is 0 Å². The fraction of sp³-hybridized carbons (Fsp3) is 0.143. The molecule has 2 heteroatoms. The minimum atomic E-state index is -0.556. The van der Waals surface area contributed by atoms with E-state index in [1.807, 2.05) is 0 Å². The standard InChI is InChI=1S/2C7H7.S.Sn/c2*1-7-5-3-2-4-6-7;;/h2*3-6H,1H3;;/q;;-2;+2. The Labute approximate surface area is 115 Å². The summed E-state index contributed by atoms with van der Waals surface area (Å²) < 4.78 is 3.10. The Morgan fingerprint density at radius 1 is 0.625 bits per heavy atom. The first-order chi connectivity index (χ1) is 7.24. The van der Waals surface area contributed by atoms with E-state index in [1.165, 1.54) is 11.1 Å². The van der Waals surface area contributed by atoms with E-state index in [1.54, 1.807) is 7.16 Å². The quantitative estimate of drug-likeness (QED) is 0.737. The summed E-state index contributed by atoms with van der Waals surface area (Å²) in [6.45, 7) is 4.28. The van der Waals surface area contributed by atoms with Gasteiger partial charge in [-0.05, 0) is 0 Å². The van der Waals surface area contributed by atoms with Crippen LogP contribution in [0.4, 0.5) is 0 Å². The Morgan fingerprint density at radius 2 is 0.938 bits per heavy atom. The Hall–Kier alpha value is -0.411. The Kier molecular flexibility index (Phi) is 5.42. The zero-order chi connectivity index (χ0) is 10.7. The molecule has 0 bridgehead atoms. The predicted octanol–water partition coefficient (Wildman–Crippen LogP) is 1.96. The van der Waals surface area contributed by atoms with Gasteiger partial charge in [-0.3, -0.25) is 0 Å². The topological polar surface area (TPSA) is 0 Å². The zero-order valence-electron chi connectivity index (χ0n) is 9.53. The van der Waals surface area contributed by atoms with Gasteiger partial charge in [0.05, 0.1) is 0 Å². The van der Waals surface area contributed by atoms with Gasteiger partial charge in [-0.25, -0.2) is 0 Å². The van der Waals surface area contributed by atoms with Crippen LogP contribution < -0.4 is 7.16 Å². The molecular weight excluding hydrogens is 319 g/mol. The van der Waals surface area contributed by atoms with Crippen molar-refractivity contribution in [3.8, 4) is 0 Å². The predicted molar refractivity (Wildman–Crippen MR) is 74.7 cm³/mol. The van der Waals surface area contributed by atoms with E-state index in [9.17, 15) is 0 Å². The van der Waals surface area contributed by atoms with Gasteiger partial charge in [-0.1, -0.05) is 0 Å². The van der Waals surface area contributed by atoms with Crippen LogP contribution >= 0.6 is 0 Å². The molecule has 0 aliphatic rings. The van der Waals surface area contributed by atoms with Crippen LogP contribution in [0.15, 0.2) is 48.5 Å². The molecule has 0 aliphatic heterocycles. The molecule has 0 aromatic heterocycles. The fourth-order valence-corrected chi connectivity index (χ4v) is 4.29. The van der Waals surface area contributed by atoms with Gasteiger partial charge in [-0.2, -0.15) is 0 Å². The van der Waals surface area contributed by atoms with Crippen LogP contribution in [0.5, 0.6) is 0 Å². The van der Waals surface area contributed by atoms with E-state index in [4.69, 9.17) is 0 Å². The summed E-state index contributed by atoms with van der Waals surface area (Å²) in [6.07, 6.45) is 0. The molecule has 80 valence electrons. The molecule has 0 saturated carbocycles. The summed E-state index contributed by atoms with van der Waals surface area (Å²) >= 11 is -0.556. The van der Waals surface area contributed by atoms with Crippen molar-refractivity contribution in [2.75, 3.05) is 0 Å². The molecule has 0 fully saturated rings. The Bertz CT molecular complexity index is 388. The molecule has 2 aromatic carbocycles. The second-order valence-corrected chi connectivity index (χ2v) is 7.87. The van der Waals surface area contributed by atoms with Crippen molar-refractivity contribution in [2.24, 2.45) is 0 Å². The summed E-state index contributed by atoms with van der Waals surface area (Å²) in [7, 11) is 0. The van der Waals surface area contributed by atoms with Gasteiger partial charge >= 0.3 is 102 Å². The van der Waals surface area contributed by atoms with Crippen LogP contribution in [0.3, 0.4) is 0 Å². The summed E-state index contributed by atoms with van der Waals surface area (Å²) in [5.41, 5.74) is 2.70. The Morgan fingerprint density at radius 3 is 1.25 bits per heavy atom. The number of benzene rings is 2. The van der Waals surface area contributed by atoms with E-state index in [0.29, 0.717) is 0 Å². The van der Waals surface area contributed by atoms with E-state index in [2.05, 4.69) is 62.4 Å². The van der Waals surface area contributed by atoms with Crippen molar-refractivity contribution in [3.05, 3.63) is 59.7 Å². The van der Waals surface area contributed by atoms with Gasteiger partial charge in [0, 0.05) is 0 Å². The second kappa shape index (κ2) is 6.35. The second-order valence-electron chi connectivity index (χ2n) is 3.86. The van der Waals surface area contributed by atoms with Crippen molar-refractivity contribution < 1.29 is 0 Å². The van der Waals surface area contributed by atoms with Crippen LogP contribution in [0.1, 0.15) is 11.1 Å². The van der Waals surface area contributed by atoms with Crippen molar-refractivity contribution in [2.45, 2.75) is 13.8 Å². The number of rotatable bonds is 2. The number of aryl methyl sites for hydroxylation is 2. The maximum absolute atomic E-state index is 2.28. The average molecular weight is 333 g/mol. The molecule has 0 nitrogen and oxygen atoms in total. The molecule has 0 N–H and O–H groups in total. The van der Waals surface area contributed by atoms with Crippen LogP contribution in [0, 0.1) is 13.8 Å². The maximum atomic E-state index is 2.28. The first kappa shape index (κ1) is 13.7. The summed E-state index contributed by atoms with van der Waals surface area (Å²) in [4.78, 5) is 0. The largest absolute Gasteiger partial charge is 2.00 e. The van der Waals surface area contributed by atoms with Gasteiger partial charge in [0.25, 0.3) is 0 Å². The molecule has 0 aliphatic carbocycles. The van der Waals surface area contributed by atoms with Crippen molar-refractivity contribution in [1.82, 2.24) is 0 Å². The van der Waals surface area contributed by atoms with Gasteiger partial charge in [0.2, 0.25) is 0 Å². The van der Waals surface area contributed by atoms with Crippen LogP contribution in [-0.4, -0.2) is 21.1 Å². The molecule has 0 amide bonds. The van der Waals surface area contributed by atoms with E-state index >= 15 is 0 Å². The molecule has 0 radical (unpaired) electrons. The molecular formula is C14H14SSn. The van der Waals surface area contributed by atoms with Gasteiger partial charge in [0.1, 0.15) is 0 Å². The van der Waals surface area contributed by atoms with Crippen molar-refractivity contribution >= 4 is 41.8 Å². The Balaban J connectivity index is 0.00000128. The third-order valence-corrected chi connectivity index (χ3v) is 5.94. The van der Waals surface area contributed by atoms with E-state index < -0.39 is 21.1 Å².